The molecule has 1 rings (SSSR count). The van der Waals surface area contributed by atoms with Gasteiger partial charge in [0.05, 0.1) is 0 Å². The summed E-state index contributed by atoms with van der Waals surface area (Å²) in [5, 5.41) is -1.25. The molecule has 3 nitrogen and oxygen atoms in total. The second-order valence-electron chi connectivity index (χ2n) is 5.02. The van der Waals surface area contributed by atoms with Crippen LogP contribution in [0.1, 0.15) is 26.3 Å². The standard InChI is InChI=1S/C14H17ClO3/c1-14(2,3)18-13(17)12(15)11(16)9-10-7-5-4-6-8-10/h4-8,12H,9H2,1-3H3. The molecule has 0 N–H and O–H groups in total. The molecule has 0 spiro atoms. The van der Waals surface area contributed by atoms with E-state index in [1.165, 1.54) is 0 Å². The van der Waals surface area contributed by atoms with Gasteiger partial charge in [-0.15, -0.1) is 11.6 Å². The molecule has 0 fully saturated rings. The summed E-state index contributed by atoms with van der Waals surface area (Å²) in [5.74, 6) is -1.04. The fourth-order valence-electron chi connectivity index (χ4n) is 1.37. The smallest absolute Gasteiger partial charge is 0.332 e. The Morgan fingerprint density at radius 2 is 1.78 bits per heavy atom. The van der Waals surface area contributed by atoms with Crippen LogP contribution in [0.2, 0.25) is 0 Å². The molecular formula is C14H17ClO3. The van der Waals surface area contributed by atoms with Crippen LogP contribution in [0.5, 0.6) is 0 Å². The Bertz CT molecular complexity index is 420. The quantitative estimate of drug-likeness (QED) is 0.479. The third kappa shape index (κ3) is 4.88. The van der Waals surface area contributed by atoms with Crippen LogP contribution in [0.15, 0.2) is 30.3 Å². The van der Waals surface area contributed by atoms with Crippen molar-refractivity contribution in [2.75, 3.05) is 0 Å². The largest absolute Gasteiger partial charge is 0.459 e. The van der Waals surface area contributed by atoms with E-state index in [0.717, 1.165) is 5.56 Å². The topological polar surface area (TPSA) is 43.4 Å². The lowest BCUT2D eigenvalue weighted by atomic mass is 10.1. The number of hydrogen-bond donors (Lipinski definition) is 0. The SMILES string of the molecule is CC(C)(C)OC(=O)C(Cl)C(=O)Cc1ccccc1. The summed E-state index contributed by atoms with van der Waals surface area (Å²) in [7, 11) is 0. The van der Waals surface area contributed by atoms with Crippen molar-refractivity contribution in [2.24, 2.45) is 0 Å². The number of ketones is 1. The molecule has 0 aliphatic heterocycles. The molecule has 1 unspecified atom stereocenters. The number of carbonyl (C=O) groups is 2. The van der Waals surface area contributed by atoms with E-state index in [0.29, 0.717) is 0 Å². The second-order valence-corrected chi connectivity index (χ2v) is 5.46. The molecule has 0 saturated carbocycles. The Balaban J connectivity index is 2.59. The minimum atomic E-state index is -1.25. The number of ether oxygens (including phenoxy) is 1. The Morgan fingerprint density at radius 1 is 1.22 bits per heavy atom. The maximum Gasteiger partial charge on any atom is 0.332 e. The van der Waals surface area contributed by atoms with E-state index < -0.39 is 16.9 Å². The van der Waals surface area contributed by atoms with Crippen LogP contribution < -0.4 is 0 Å². The summed E-state index contributed by atoms with van der Waals surface area (Å²) < 4.78 is 5.07. The average molecular weight is 269 g/mol. The van der Waals surface area contributed by atoms with Crippen molar-refractivity contribution in [2.45, 2.75) is 38.2 Å². The summed E-state index contributed by atoms with van der Waals surface area (Å²) in [6.07, 6.45) is 0.133. The highest BCUT2D eigenvalue weighted by Crippen LogP contribution is 2.13. The van der Waals surface area contributed by atoms with Gasteiger partial charge >= 0.3 is 5.97 Å². The van der Waals surface area contributed by atoms with Crippen LogP contribution in [0.25, 0.3) is 0 Å². The van der Waals surface area contributed by atoms with Crippen molar-refractivity contribution in [1.29, 1.82) is 0 Å². The average Bonchev–Trinajstić information content (AvgIpc) is 2.27. The van der Waals surface area contributed by atoms with Gasteiger partial charge in [0.2, 0.25) is 0 Å². The van der Waals surface area contributed by atoms with E-state index in [2.05, 4.69) is 0 Å². The zero-order valence-electron chi connectivity index (χ0n) is 10.8. The van der Waals surface area contributed by atoms with Crippen molar-refractivity contribution in [3.05, 3.63) is 35.9 Å². The van der Waals surface area contributed by atoms with Crippen molar-refractivity contribution >= 4 is 23.4 Å². The van der Waals surface area contributed by atoms with Crippen LogP contribution >= 0.6 is 11.6 Å². The normalized spacial score (nSPS) is 12.9. The lowest BCUT2D eigenvalue weighted by Gasteiger charge is -2.21. The maximum atomic E-state index is 11.8. The number of alkyl halides is 1. The van der Waals surface area contributed by atoms with Crippen LogP contribution in [0.4, 0.5) is 0 Å². The fourth-order valence-corrected chi connectivity index (χ4v) is 1.49. The van der Waals surface area contributed by atoms with Gasteiger partial charge in [-0.05, 0) is 26.3 Å². The molecule has 0 aromatic heterocycles. The maximum absolute atomic E-state index is 11.8. The molecule has 0 amide bonds. The molecule has 0 saturated heterocycles. The number of carbonyl (C=O) groups excluding carboxylic acids is 2. The molecule has 18 heavy (non-hydrogen) atoms. The van der Waals surface area contributed by atoms with Gasteiger partial charge in [0.25, 0.3) is 0 Å². The number of esters is 1. The van der Waals surface area contributed by atoms with Gasteiger partial charge in [0.15, 0.2) is 11.2 Å². The third-order valence-corrected chi connectivity index (χ3v) is 2.54. The highest BCUT2D eigenvalue weighted by atomic mass is 35.5. The molecule has 1 aromatic carbocycles. The van der Waals surface area contributed by atoms with E-state index in [9.17, 15) is 9.59 Å². The number of Topliss-reactive ketones (excluding diaryl/α,β-unsaturated/α-hetero) is 1. The molecule has 0 aliphatic carbocycles. The van der Waals surface area contributed by atoms with E-state index in [4.69, 9.17) is 16.3 Å². The van der Waals surface area contributed by atoms with Gasteiger partial charge in [-0.1, -0.05) is 30.3 Å². The minimum Gasteiger partial charge on any atom is -0.459 e. The van der Waals surface area contributed by atoms with Gasteiger partial charge < -0.3 is 4.74 Å². The highest BCUT2D eigenvalue weighted by molar-refractivity contribution is 6.41. The van der Waals surface area contributed by atoms with Gasteiger partial charge in [-0.25, -0.2) is 4.79 Å². The highest BCUT2D eigenvalue weighted by Gasteiger charge is 2.28. The predicted octanol–water partition coefficient (Wildman–Crippen LogP) is 2.75. The van der Waals surface area contributed by atoms with Crippen molar-refractivity contribution in [3.8, 4) is 0 Å². The Labute approximate surface area is 112 Å². The molecule has 4 heteroatoms. The summed E-state index contributed by atoms with van der Waals surface area (Å²) in [5.41, 5.74) is 0.189. The first-order valence-electron chi connectivity index (χ1n) is 5.73. The van der Waals surface area contributed by atoms with Crippen molar-refractivity contribution in [1.82, 2.24) is 0 Å². The second kappa shape index (κ2) is 6.01. The van der Waals surface area contributed by atoms with Crippen LogP contribution in [0, 0.1) is 0 Å². The molecule has 1 atom stereocenters. The fraction of sp³-hybridized carbons (Fsp3) is 0.429. The van der Waals surface area contributed by atoms with Crippen LogP contribution in [-0.4, -0.2) is 22.7 Å². The number of halogens is 1. The van der Waals surface area contributed by atoms with Crippen LogP contribution in [0.3, 0.4) is 0 Å². The van der Waals surface area contributed by atoms with Gasteiger partial charge in [0, 0.05) is 6.42 Å². The molecule has 0 aliphatic rings. The van der Waals surface area contributed by atoms with Gasteiger partial charge in [-0.2, -0.15) is 0 Å². The van der Waals surface area contributed by atoms with Gasteiger partial charge in [0.1, 0.15) is 5.60 Å². The summed E-state index contributed by atoms with van der Waals surface area (Å²) in [6.45, 7) is 5.20. The predicted molar refractivity (Wildman–Crippen MR) is 70.6 cm³/mol. The molecule has 0 bridgehead atoms. The molecule has 0 radical (unpaired) electrons. The lowest BCUT2D eigenvalue weighted by molar-refractivity contribution is -0.155. The van der Waals surface area contributed by atoms with Crippen molar-refractivity contribution in [3.63, 3.8) is 0 Å². The molecule has 0 heterocycles. The Hall–Kier alpha value is -1.35. The zero-order valence-corrected chi connectivity index (χ0v) is 11.5. The lowest BCUT2D eigenvalue weighted by Crippen LogP contribution is -2.34. The first kappa shape index (κ1) is 14.7. The number of rotatable bonds is 4. The van der Waals surface area contributed by atoms with E-state index in [1.54, 1.807) is 20.8 Å². The van der Waals surface area contributed by atoms with E-state index >= 15 is 0 Å². The monoisotopic (exact) mass is 268 g/mol. The molecular weight excluding hydrogens is 252 g/mol. The van der Waals surface area contributed by atoms with E-state index in [-0.39, 0.29) is 12.2 Å². The Morgan fingerprint density at radius 3 is 2.28 bits per heavy atom. The van der Waals surface area contributed by atoms with Gasteiger partial charge in [-0.3, -0.25) is 4.79 Å². The third-order valence-electron chi connectivity index (χ3n) is 2.12. The summed E-state index contributed by atoms with van der Waals surface area (Å²) in [4.78, 5) is 23.4. The number of hydrogen-bond acceptors (Lipinski definition) is 3. The Kier molecular flexibility index (Phi) is 4.91. The van der Waals surface area contributed by atoms with Crippen molar-refractivity contribution < 1.29 is 14.3 Å². The first-order valence-corrected chi connectivity index (χ1v) is 6.17. The van der Waals surface area contributed by atoms with Crippen LogP contribution in [-0.2, 0) is 20.7 Å². The zero-order chi connectivity index (χ0) is 13.8. The molecule has 1 aromatic rings. The summed E-state index contributed by atoms with van der Waals surface area (Å²) >= 11 is 5.81. The number of benzene rings is 1. The van der Waals surface area contributed by atoms with E-state index in [1.807, 2.05) is 30.3 Å². The minimum absolute atomic E-state index is 0.133. The first-order chi connectivity index (χ1) is 8.29. The molecule has 98 valence electrons. The summed E-state index contributed by atoms with van der Waals surface area (Å²) in [6, 6.07) is 9.16.